The van der Waals surface area contributed by atoms with Gasteiger partial charge in [-0.1, -0.05) is 29.8 Å². The Morgan fingerprint density at radius 2 is 1.64 bits per heavy atom. The number of non-ortho nitro benzene ring substituents is 1. The van der Waals surface area contributed by atoms with E-state index in [9.17, 15) is 18.5 Å². The first-order valence-corrected chi connectivity index (χ1v) is 8.28. The topological polar surface area (TPSA) is 77.3 Å². The van der Waals surface area contributed by atoms with E-state index in [2.05, 4.69) is 0 Å². The van der Waals surface area contributed by atoms with Gasteiger partial charge in [0.15, 0.2) is 9.84 Å². The molecule has 0 heterocycles. The fourth-order valence-electron chi connectivity index (χ4n) is 1.85. The third-order valence-electron chi connectivity index (χ3n) is 3.06. The van der Waals surface area contributed by atoms with E-state index in [0.717, 1.165) is 16.5 Å². The lowest BCUT2D eigenvalue weighted by molar-refractivity contribution is -0.384. The lowest BCUT2D eigenvalue weighted by atomic mass is 10.2. The fraction of sp³-hybridized carbons (Fsp3) is 0.125. The summed E-state index contributed by atoms with van der Waals surface area (Å²) >= 11 is 0. The molecule has 0 aliphatic carbocycles. The van der Waals surface area contributed by atoms with Gasteiger partial charge in [-0.2, -0.15) is 0 Å². The number of hydrogen-bond donors (Lipinski definition) is 0. The maximum atomic E-state index is 12.0. The van der Waals surface area contributed by atoms with Crippen LogP contribution in [0, 0.1) is 17.0 Å². The zero-order valence-corrected chi connectivity index (χ0v) is 12.8. The number of nitro benzene ring substituents is 1. The van der Waals surface area contributed by atoms with Crippen LogP contribution in [0.25, 0.3) is 6.08 Å². The van der Waals surface area contributed by atoms with Crippen molar-refractivity contribution >= 4 is 21.6 Å². The van der Waals surface area contributed by atoms with E-state index >= 15 is 0 Å². The average molecular weight is 317 g/mol. The van der Waals surface area contributed by atoms with Gasteiger partial charge in [-0.05, 0) is 36.3 Å². The van der Waals surface area contributed by atoms with Gasteiger partial charge in [0.2, 0.25) is 0 Å². The molecule has 2 rings (SSSR count). The molecule has 0 radical (unpaired) electrons. The zero-order valence-electron chi connectivity index (χ0n) is 12.0. The van der Waals surface area contributed by atoms with Gasteiger partial charge < -0.3 is 0 Å². The molecule has 0 spiro atoms. The SMILES string of the molecule is Cc1ccc(CS(=O)(=O)/C=C/c2ccc([N+](=O)[O-])cc2)cc1. The highest BCUT2D eigenvalue weighted by atomic mass is 32.2. The molecule has 22 heavy (non-hydrogen) atoms. The summed E-state index contributed by atoms with van der Waals surface area (Å²) in [5.41, 5.74) is 2.36. The first kappa shape index (κ1) is 15.9. The molecule has 0 saturated carbocycles. The highest BCUT2D eigenvalue weighted by molar-refractivity contribution is 7.93. The lowest BCUT2D eigenvalue weighted by Gasteiger charge is -2.01. The van der Waals surface area contributed by atoms with E-state index in [-0.39, 0.29) is 11.4 Å². The maximum absolute atomic E-state index is 12.0. The molecule has 6 heteroatoms. The third kappa shape index (κ3) is 4.53. The molecule has 2 aromatic rings. The van der Waals surface area contributed by atoms with Crippen LogP contribution in [0.4, 0.5) is 5.69 Å². The first-order chi connectivity index (χ1) is 10.4. The molecule has 0 N–H and O–H groups in total. The average Bonchev–Trinajstić information content (AvgIpc) is 2.48. The zero-order chi connectivity index (χ0) is 16.2. The Labute approximate surface area is 129 Å². The molecule has 114 valence electrons. The van der Waals surface area contributed by atoms with E-state index in [1.165, 1.54) is 30.3 Å². The van der Waals surface area contributed by atoms with Gasteiger partial charge in [-0.15, -0.1) is 0 Å². The van der Waals surface area contributed by atoms with Crippen LogP contribution >= 0.6 is 0 Å². The van der Waals surface area contributed by atoms with Gasteiger partial charge in [0.25, 0.3) is 5.69 Å². The summed E-state index contributed by atoms with van der Waals surface area (Å²) in [7, 11) is -3.39. The predicted octanol–water partition coefficient (Wildman–Crippen LogP) is 3.49. The Morgan fingerprint density at radius 3 is 2.18 bits per heavy atom. The summed E-state index contributed by atoms with van der Waals surface area (Å²) in [5.74, 6) is -0.0727. The monoisotopic (exact) mass is 317 g/mol. The second-order valence-electron chi connectivity index (χ2n) is 4.94. The summed E-state index contributed by atoms with van der Waals surface area (Å²) < 4.78 is 24.1. The van der Waals surface area contributed by atoms with E-state index < -0.39 is 14.8 Å². The number of hydrogen-bond acceptors (Lipinski definition) is 4. The Morgan fingerprint density at radius 1 is 1.05 bits per heavy atom. The number of aryl methyl sites for hydroxylation is 1. The normalized spacial score (nSPS) is 11.7. The van der Waals surface area contributed by atoms with Crippen molar-refractivity contribution in [2.24, 2.45) is 0 Å². The van der Waals surface area contributed by atoms with Gasteiger partial charge >= 0.3 is 0 Å². The summed E-state index contributed by atoms with van der Waals surface area (Å²) in [6.07, 6.45) is 1.44. The predicted molar refractivity (Wildman–Crippen MR) is 85.9 cm³/mol. The van der Waals surface area contributed by atoms with Crippen LogP contribution in [-0.4, -0.2) is 13.3 Å². The molecule has 0 aliphatic heterocycles. The molecule has 0 atom stereocenters. The number of rotatable bonds is 5. The van der Waals surface area contributed by atoms with Gasteiger partial charge in [-0.25, -0.2) is 8.42 Å². The largest absolute Gasteiger partial charge is 0.269 e. The molecular weight excluding hydrogens is 302 g/mol. The molecular formula is C16H15NO4S. The molecule has 0 aromatic heterocycles. The highest BCUT2D eigenvalue weighted by Gasteiger charge is 2.08. The van der Waals surface area contributed by atoms with Crippen molar-refractivity contribution in [2.45, 2.75) is 12.7 Å². The summed E-state index contributed by atoms with van der Waals surface area (Å²) in [6.45, 7) is 1.94. The van der Waals surface area contributed by atoms with Crippen molar-refractivity contribution in [1.29, 1.82) is 0 Å². The molecule has 5 nitrogen and oxygen atoms in total. The van der Waals surface area contributed by atoms with Crippen molar-refractivity contribution < 1.29 is 13.3 Å². The maximum Gasteiger partial charge on any atom is 0.269 e. The Balaban J connectivity index is 2.10. The Kier molecular flexibility index (Phi) is 4.72. The van der Waals surface area contributed by atoms with E-state index in [0.29, 0.717) is 5.56 Å². The molecule has 0 saturated heterocycles. The number of nitro groups is 1. The van der Waals surface area contributed by atoms with Gasteiger partial charge in [0, 0.05) is 17.5 Å². The first-order valence-electron chi connectivity index (χ1n) is 6.56. The van der Waals surface area contributed by atoms with Crippen LogP contribution in [0.3, 0.4) is 0 Å². The quantitative estimate of drug-likeness (QED) is 0.624. The second kappa shape index (κ2) is 6.53. The third-order valence-corrected chi connectivity index (χ3v) is 4.35. The smallest absolute Gasteiger partial charge is 0.258 e. The molecule has 0 amide bonds. The molecule has 0 aliphatic rings. The van der Waals surface area contributed by atoms with Crippen molar-refractivity contribution in [3.63, 3.8) is 0 Å². The summed E-state index contributed by atoms with van der Waals surface area (Å²) in [5, 5.41) is 11.7. The van der Waals surface area contributed by atoms with Crippen LogP contribution in [0.5, 0.6) is 0 Å². The second-order valence-corrected chi connectivity index (χ2v) is 6.83. The molecule has 2 aromatic carbocycles. The van der Waals surface area contributed by atoms with Crippen molar-refractivity contribution in [1.82, 2.24) is 0 Å². The van der Waals surface area contributed by atoms with Gasteiger partial charge in [0.05, 0.1) is 10.7 Å². The molecule has 0 bridgehead atoms. The summed E-state index contributed by atoms with van der Waals surface area (Å²) in [4.78, 5) is 10.0. The van der Waals surface area contributed by atoms with Crippen molar-refractivity contribution in [3.8, 4) is 0 Å². The van der Waals surface area contributed by atoms with Crippen LogP contribution in [0.2, 0.25) is 0 Å². The van der Waals surface area contributed by atoms with Crippen molar-refractivity contribution in [3.05, 3.63) is 80.7 Å². The highest BCUT2D eigenvalue weighted by Crippen LogP contribution is 2.15. The van der Waals surface area contributed by atoms with E-state index in [1.807, 2.05) is 19.1 Å². The molecule has 0 fully saturated rings. The Bertz CT molecular complexity index is 791. The van der Waals surface area contributed by atoms with Crippen LogP contribution < -0.4 is 0 Å². The minimum absolute atomic E-state index is 0.0281. The Hall–Kier alpha value is -2.47. The standard InChI is InChI=1S/C16H15NO4S/c1-13-2-4-15(5-3-13)12-22(20,21)11-10-14-6-8-16(9-7-14)17(18)19/h2-11H,12H2,1H3/b11-10+. The van der Waals surface area contributed by atoms with Crippen LogP contribution in [0.1, 0.15) is 16.7 Å². The van der Waals surface area contributed by atoms with Crippen molar-refractivity contribution in [2.75, 3.05) is 0 Å². The number of benzene rings is 2. The fourth-order valence-corrected chi connectivity index (χ4v) is 2.97. The summed E-state index contributed by atoms with van der Waals surface area (Å²) in [6, 6.07) is 13.0. The number of sulfone groups is 1. The van der Waals surface area contributed by atoms with Crippen LogP contribution in [0.15, 0.2) is 53.9 Å². The van der Waals surface area contributed by atoms with Crippen LogP contribution in [-0.2, 0) is 15.6 Å². The minimum Gasteiger partial charge on any atom is -0.258 e. The van der Waals surface area contributed by atoms with Gasteiger partial charge in [0.1, 0.15) is 0 Å². The van der Waals surface area contributed by atoms with E-state index in [4.69, 9.17) is 0 Å². The van der Waals surface area contributed by atoms with Gasteiger partial charge in [-0.3, -0.25) is 10.1 Å². The lowest BCUT2D eigenvalue weighted by Crippen LogP contribution is -1.99. The van der Waals surface area contributed by atoms with E-state index in [1.54, 1.807) is 12.1 Å². The number of nitrogens with zero attached hydrogens (tertiary/aromatic N) is 1. The molecule has 0 unspecified atom stereocenters. The minimum atomic E-state index is -3.39.